The van der Waals surface area contributed by atoms with Gasteiger partial charge in [-0.15, -0.1) is 0 Å². The normalized spacial score (nSPS) is 10.6. The summed E-state index contributed by atoms with van der Waals surface area (Å²) in [4.78, 5) is 14.5. The van der Waals surface area contributed by atoms with Gasteiger partial charge in [0.2, 0.25) is 5.88 Å². The zero-order valence-electron chi connectivity index (χ0n) is 8.63. The van der Waals surface area contributed by atoms with Crippen molar-refractivity contribution in [2.45, 2.75) is 6.92 Å². The standard InChI is InChI=1S/C11H6BrF2NO2/c1-5(16)17-9-4-6(12)10-7(13)2-3-8(14)11(10)15-9/h2-4H,1H3. The first-order valence-electron chi connectivity index (χ1n) is 4.61. The largest absolute Gasteiger partial charge is 0.408 e. The second-order valence-electron chi connectivity index (χ2n) is 3.29. The van der Waals surface area contributed by atoms with Gasteiger partial charge in [-0.2, -0.15) is 0 Å². The van der Waals surface area contributed by atoms with Crippen LogP contribution in [0.2, 0.25) is 0 Å². The number of carbonyl (C=O) groups excluding carboxylic acids is 1. The van der Waals surface area contributed by atoms with Gasteiger partial charge < -0.3 is 4.74 Å². The number of nitrogens with zero attached hydrogens (tertiary/aromatic N) is 1. The Balaban J connectivity index is 2.72. The van der Waals surface area contributed by atoms with Crippen LogP contribution in [0.25, 0.3) is 10.9 Å². The molecule has 2 aromatic rings. The van der Waals surface area contributed by atoms with Crippen LogP contribution in [0, 0.1) is 11.6 Å². The Morgan fingerprint density at radius 2 is 2.00 bits per heavy atom. The minimum atomic E-state index is -0.684. The highest BCUT2D eigenvalue weighted by molar-refractivity contribution is 9.10. The van der Waals surface area contributed by atoms with Crippen molar-refractivity contribution in [1.82, 2.24) is 4.98 Å². The minimum absolute atomic E-state index is 0.0147. The second-order valence-corrected chi connectivity index (χ2v) is 4.14. The van der Waals surface area contributed by atoms with Crippen LogP contribution in [-0.2, 0) is 4.79 Å². The molecule has 1 heterocycles. The van der Waals surface area contributed by atoms with Crippen molar-refractivity contribution < 1.29 is 18.3 Å². The molecule has 1 aromatic carbocycles. The van der Waals surface area contributed by atoms with Crippen LogP contribution in [0.4, 0.5) is 8.78 Å². The molecule has 3 nitrogen and oxygen atoms in total. The molecule has 17 heavy (non-hydrogen) atoms. The maximum Gasteiger partial charge on any atom is 0.309 e. The summed E-state index contributed by atoms with van der Waals surface area (Å²) >= 11 is 3.08. The summed E-state index contributed by atoms with van der Waals surface area (Å²) in [6.07, 6.45) is 0. The average Bonchev–Trinajstić information content (AvgIpc) is 2.22. The van der Waals surface area contributed by atoms with Gasteiger partial charge in [0.05, 0.1) is 5.39 Å². The van der Waals surface area contributed by atoms with E-state index in [2.05, 4.69) is 20.9 Å². The van der Waals surface area contributed by atoms with E-state index >= 15 is 0 Å². The Morgan fingerprint density at radius 1 is 1.35 bits per heavy atom. The Morgan fingerprint density at radius 3 is 2.65 bits per heavy atom. The van der Waals surface area contributed by atoms with Crippen LogP contribution in [0.3, 0.4) is 0 Å². The lowest BCUT2D eigenvalue weighted by atomic mass is 10.2. The lowest BCUT2D eigenvalue weighted by molar-refractivity contribution is -0.132. The van der Waals surface area contributed by atoms with E-state index in [1.807, 2.05) is 0 Å². The molecular weight excluding hydrogens is 296 g/mol. The number of benzene rings is 1. The first-order valence-corrected chi connectivity index (χ1v) is 5.41. The van der Waals surface area contributed by atoms with Gasteiger partial charge in [0.1, 0.15) is 17.2 Å². The lowest BCUT2D eigenvalue weighted by Gasteiger charge is -2.06. The van der Waals surface area contributed by atoms with E-state index in [-0.39, 0.29) is 21.3 Å². The van der Waals surface area contributed by atoms with Crippen molar-refractivity contribution in [3.05, 3.63) is 34.3 Å². The van der Waals surface area contributed by atoms with Crippen molar-refractivity contribution in [2.24, 2.45) is 0 Å². The molecule has 0 spiro atoms. The van der Waals surface area contributed by atoms with Gasteiger partial charge in [0.25, 0.3) is 0 Å². The Hall–Kier alpha value is -1.56. The number of hydrogen-bond acceptors (Lipinski definition) is 3. The minimum Gasteiger partial charge on any atom is -0.408 e. The van der Waals surface area contributed by atoms with Crippen LogP contribution in [0.15, 0.2) is 22.7 Å². The Bertz CT molecular complexity index is 616. The van der Waals surface area contributed by atoms with Crippen molar-refractivity contribution in [2.75, 3.05) is 0 Å². The summed E-state index contributed by atoms with van der Waals surface area (Å²) in [5, 5.41) is 0.0147. The summed E-state index contributed by atoms with van der Waals surface area (Å²) in [6.45, 7) is 1.20. The van der Waals surface area contributed by atoms with E-state index in [0.717, 1.165) is 12.1 Å². The van der Waals surface area contributed by atoms with E-state index in [0.29, 0.717) is 0 Å². The maximum atomic E-state index is 13.5. The molecule has 0 saturated carbocycles. The van der Waals surface area contributed by atoms with Crippen LogP contribution in [0.1, 0.15) is 6.92 Å². The van der Waals surface area contributed by atoms with Crippen LogP contribution in [0.5, 0.6) is 5.88 Å². The zero-order chi connectivity index (χ0) is 12.6. The molecular formula is C11H6BrF2NO2. The molecule has 0 saturated heterocycles. The van der Waals surface area contributed by atoms with Crippen molar-refractivity contribution in [3.63, 3.8) is 0 Å². The van der Waals surface area contributed by atoms with Crippen molar-refractivity contribution in [1.29, 1.82) is 0 Å². The van der Waals surface area contributed by atoms with Gasteiger partial charge in [-0.05, 0) is 28.1 Å². The van der Waals surface area contributed by atoms with Gasteiger partial charge in [0.15, 0.2) is 0 Å². The topological polar surface area (TPSA) is 39.2 Å². The molecule has 0 radical (unpaired) electrons. The van der Waals surface area contributed by atoms with E-state index in [9.17, 15) is 13.6 Å². The number of esters is 1. The molecule has 0 bridgehead atoms. The molecule has 1 aromatic heterocycles. The highest BCUT2D eigenvalue weighted by Crippen LogP contribution is 2.30. The first-order chi connectivity index (χ1) is 7.99. The molecule has 6 heteroatoms. The molecule has 0 aliphatic heterocycles. The average molecular weight is 302 g/mol. The van der Waals surface area contributed by atoms with E-state index in [4.69, 9.17) is 4.74 Å². The third-order valence-corrected chi connectivity index (χ3v) is 2.66. The number of fused-ring (bicyclic) bond motifs is 1. The number of pyridine rings is 1. The molecule has 0 fully saturated rings. The number of carbonyl (C=O) groups is 1. The number of hydrogen-bond donors (Lipinski definition) is 0. The van der Waals surface area contributed by atoms with Gasteiger partial charge >= 0.3 is 5.97 Å². The predicted octanol–water partition coefficient (Wildman–Crippen LogP) is 3.20. The van der Waals surface area contributed by atoms with E-state index in [1.54, 1.807) is 0 Å². The van der Waals surface area contributed by atoms with Crippen LogP contribution < -0.4 is 4.74 Å². The summed E-state index contributed by atoms with van der Waals surface area (Å²) in [7, 11) is 0. The highest BCUT2D eigenvalue weighted by atomic mass is 79.9. The third kappa shape index (κ3) is 2.26. The summed E-state index contributed by atoms with van der Waals surface area (Å²) in [5.41, 5.74) is -0.185. The zero-order valence-corrected chi connectivity index (χ0v) is 10.2. The lowest BCUT2D eigenvalue weighted by Crippen LogP contribution is -2.04. The maximum absolute atomic E-state index is 13.5. The molecule has 88 valence electrons. The highest BCUT2D eigenvalue weighted by Gasteiger charge is 2.13. The predicted molar refractivity (Wildman–Crippen MR) is 60.7 cm³/mol. The Kier molecular flexibility index (Phi) is 3.06. The van der Waals surface area contributed by atoms with Gasteiger partial charge in [0, 0.05) is 17.5 Å². The molecule has 2 rings (SSSR count). The number of ether oxygens (including phenoxy) is 1. The summed E-state index contributed by atoms with van der Waals surface area (Å²) < 4.78 is 32.0. The van der Waals surface area contributed by atoms with Gasteiger partial charge in [-0.25, -0.2) is 13.8 Å². The molecule has 0 N–H and O–H groups in total. The number of aromatic nitrogens is 1. The molecule has 0 atom stereocenters. The Labute approximate surface area is 104 Å². The molecule has 0 unspecified atom stereocenters. The van der Waals surface area contributed by atoms with Crippen LogP contribution >= 0.6 is 15.9 Å². The van der Waals surface area contributed by atoms with Gasteiger partial charge in [-0.3, -0.25) is 4.79 Å². The van der Waals surface area contributed by atoms with Gasteiger partial charge in [-0.1, -0.05) is 0 Å². The summed E-state index contributed by atoms with van der Waals surface area (Å²) in [5.74, 6) is -1.95. The summed E-state index contributed by atoms with van der Waals surface area (Å²) in [6, 6.07) is 3.29. The number of rotatable bonds is 1. The third-order valence-electron chi connectivity index (χ3n) is 2.04. The first kappa shape index (κ1) is 11.9. The fourth-order valence-electron chi connectivity index (χ4n) is 1.40. The smallest absolute Gasteiger partial charge is 0.309 e. The second kappa shape index (κ2) is 4.37. The molecule has 0 amide bonds. The molecule has 0 aliphatic rings. The number of halogens is 3. The molecule has 0 aliphatic carbocycles. The van der Waals surface area contributed by atoms with Crippen molar-refractivity contribution >= 4 is 32.8 Å². The fourth-order valence-corrected chi connectivity index (χ4v) is 1.97. The SMILES string of the molecule is CC(=O)Oc1cc(Br)c2c(F)ccc(F)c2n1. The fraction of sp³-hybridized carbons (Fsp3) is 0.0909. The van der Waals surface area contributed by atoms with Crippen LogP contribution in [-0.4, -0.2) is 11.0 Å². The quantitative estimate of drug-likeness (QED) is 0.759. The van der Waals surface area contributed by atoms with E-state index in [1.165, 1.54) is 13.0 Å². The van der Waals surface area contributed by atoms with E-state index < -0.39 is 17.6 Å². The van der Waals surface area contributed by atoms with Crippen molar-refractivity contribution in [3.8, 4) is 5.88 Å². The monoisotopic (exact) mass is 301 g/mol.